The van der Waals surface area contributed by atoms with Crippen molar-refractivity contribution in [2.24, 2.45) is 0 Å². The van der Waals surface area contributed by atoms with Gasteiger partial charge in [0.1, 0.15) is 12.4 Å². The molecule has 3 rings (SSSR count). The van der Waals surface area contributed by atoms with Gasteiger partial charge in [0.05, 0.1) is 17.9 Å². The van der Waals surface area contributed by atoms with E-state index < -0.39 is 0 Å². The molecule has 1 aliphatic heterocycles. The summed E-state index contributed by atoms with van der Waals surface area (Å²) in [5.74, 6) is 0.983. The highest BCUT2D eigenvalue weighted by Gasteiger charge is 2.16. The molecule has 0 atom stereocenters. The van der Waals surface area contributed by atoms with Crippen LogP contribution < -0.4 is 15.4 Å². The fourth-order valence-electron chi connectivity index (χ4n) is 2.46. The molecule has 3 heteroatoms. The van der Waals surface area contributed by atoms with Crippen LogP contribution in [-0.2, 0) is 6.54 Å². The van der Waals surface area contributed by atoms with Crippen LogP contribution >= 0.6 is 0 Å². The van der Waals surface area contributed by atoms with E-state index in [-0.39, 0.29) is 0 Å². The molecule has 0 aliphatic carbocycles. The van der Waals surface area contributed by atoms with Crippen LogP contribution in [0.2, 0.25) is 0 Å². The van der Waals surface area contributed by atoms with E-state index in [0.29, 0.717) is 6.61 Å². The molecule has 1 aliphatic rings. The molecule has 0 fully saturated rings. The smallest absolute Gasteiger partial charge is 0.124 e. The largest absolute Gasteiger partial charge is 0.491 e. The Morgan fingerprint density at radius 3 is 2.89 bits per heavy atom. The first kappa shape index (κ1) is 11.9. The van der Waals surface area contributed by atoms with Crippen molar-refractivity contribution in [3.63, 3.8) is 0 Å². The molecule has 0 spiro atoms. The van der Waals surface area contributed by atoms with E-state index >= 15 is 0 Å². The zero-order valence-corrected chi connectivity index (χ0v) is 11.1. The van der Waals surface area contributed by atoms with Gasteiger partial charge in [0, 0.05) is 12.1 Å². The molecule has 0 saturated heterocycles. The Hall–Kier alpha value is -2.16. The van der Waals surface area contributed by atoms with Crippen molar-refractivity contribution in [3.05, 3.63) is 53.6 Å². The minimum atomic E-state index is 0.685. The standard InChI is InChI=1S/C16H18N2O/c1-12-6-7-14(17)15(10-12)18-8-9-19-16-5-3-2-4-13(16)11-18/h2-7,10H,8-9,11,17H2,1H3. The number of aryl methyl sites for hydroxylation is 1. The van der Waals surface area contributed by atoms with Crippen molar-refractivity contribution in [3.8, 4) is 5.75 Å². The minimum Gasteiger partial charge on any atom is -0.491 e. The molecule has 98 valence electrons. The molecule has 3 nitrogen and oxygen atoms in total. The molecular formula is C16H18N2O. The molecule has 0 bridgehead atoms. The molecule has 0 aromatic heterocycles. The lowest BCUT2D eigenvalue weighted by molar-refractivity contribution is 0.331. The van der Waals surface area contributed by atoms with Gasteiger partial charge in [-0.25, -0.2) is 0 Å². The molecule has 2 N–H and O–H groups in total. The van der Waals surface area contributed by atoms with Crippen LogP contribution in [0, 0.1) is 6.92 Å². The minimum absolute atomic E-state index is 0.685. The molecule has 0 amide bonds. The molecule has 2 aromatic rings. The Balaban J connectivity index is 1.96. The molecule has 1 heterocycles. The van der Waals surface area contributed by atoms with Crippen LogP contribution in [0.25, 0.3) is 0 Å². The summed E-state index contributed by atoms with van der Waals surface area (Å²) >= 11 is 0. The molecule has 2 aromatic carbocycles. The van der Waals surface area contributed by atoms with Crippen LogP contribution in [0.3, 0.4) is 0 Å². The summed E-state index contributed by atoms with van der Waals surface area (Å²) in [6, 6.07) is 14.4. The van der Waals surface area contributed by atoms with E-state index in [1.54, 1.807) is 0 Å². The van der Waals surface area contributed by atoms with E-state index in [1.165, 1.54) is 11.1 Å². The monoisotopic (exact) mass is 254 g/mol. The van der Waals surface area contributed by atoms with E-state index in [4.69, 9.17) is 10.5 Å². The zero-order valence-electron chi connectivity index (χ0n) is 11.1. The van der Waals surface area contributed by atoms with E-state index in [0.717, 1.165) is 30.2 Å². The topological polar surface area (TPSA) is 38.5 Å². The number of fused-ring (bicyclic) bond motifs is 1. The van der Waals surface area contributed by atoms with Gasteiger partial charge in [-0.05, 0) is 30.7 Å². The van der Waals surface area contributed by atoms with Gasteiger partial charge in [0.2, 0.25) is 0 Å². The number of anilines is 2. The molecule has 19 heavy (non-hydrogen) atoms. The predicted molar refractivity (Wildman–Crippen MR) is 78.6 cm³/mol. The summed E-state index contributed by atoms with van der Waals surface area (Å²) in [5, 5.41) is 0. The van der Waals surface area contributed by atoms with E-state index in [2.05, 4.69) is 24.0 Å². The van der Waals surface area contributed by atoms with Crippen molar-refractivity contribution in [2.75, 3.05) is 23.8 Å². The number of nitrogens with two attached hydrogens (primary N) is 1. The SMILES string of the molecule is Cc1ccc(N)c(N2CCOc3ccccc3C2)c1. The maximum Gasteiger partial charge on any atom is 0.124 e. The van der Waals surface area contributed by atoms with Gasteiger partial charge in [0.25, 0.3) is 0 Å². The molecule has 0 unspecified atom stereocenters. The number of nitrogen functional groups attached to an aromatic ring is 1. The Bertz CT molecular complexity index is 595. The van der Waals surface area contributed by atoms with Gasteiger partial charge in [-0.2, -0.15) is 0 Å². The first-order valence-electron chi connectivity index (χ1n) is 6.56. The summed E-state index contributed by atoms with van der Waals surface area (Å²) in [7, 11) is 0. The fourth-order valence-corrected chi connectivity index (χ4v) is 2.46. The van der Waals surface area contributed by atoms with Gasteiger partial charge in [-0.1, -0.05) is 24.3 Å². The van der Waals surface area contributed by atoms with Crippen molar-refractivity contribution in [1.29, 1.82) is 0 Å². The number of para-hydroxylation sites is 1. The average molecular weight is 254 g/mol. The number of ether oxygens (including phenoxy) is 1. The van der Waals surface area contributed by atoms with Crippen LogP contribution in [0.15, 0.2) is 42.5 Å². The first-order chi connectivity index (χ1) is 9.24. The summed E-state index contributed by atoms with van der Waals surface area (Å²) < 4.78 is 5.79. The van der Waals surface area contributed by atoms with Gasteiger partial charge < -0.3 is 15.4 Å². The van der Waals surface area contributed by atoms with Crippen LogP contribution in [-0.4, -0.2) is 13.2 Å². The Labute approximate surface area is 113 Å². The number of benzene rings is 2. The second kappa shape index (κ2) is 4.84. The highest BCUT2D eigenvalue weighted by molar-refractivity contribution is 5.69. The van der Waals surface area contributed by atoms with Crippen molar-refractivity contribution in [2.45, 2.75) is 13.5 Å². The number of rotatable bonds is 1. The second-order valence-corrected chi connectivity index (χ2v) is 4.94. The molecule has 0 saturated carbocycles. The van der Waals surface area contributed by atoms with Crippen molar-refractivity contribution < 1.29 is 4.74 Å². The lowest BCUT2D eigenvalue weighted by Crippen LogP contribution is -2.26. The van der Waals surface area contributed by atoms with Crippen molar-refractivity contribution in [1.82, 2.24) is 0 Å². The normalized spacial score (nSPS) is 14.5. The second-order valence-electron chi connectivity index (χ2n) is 4.94. The van der Waals surface area contributed by atoms with E-state index in [1.807, 2.05) is 30.3 Å². The van der Waals surface area contributed by atoms with Crippen molar-refractivity contribution >= 4 is 11.4 Å². The Morgan fingerprint density at radius 2 is 2.00 bits per heavy atom. The lowest BCUT2D eigenvalue weighted by Gasteiger charge is -2.24. The summed E-state index contributed by atoms with van der Waals surface area (Å²) in [5.41, 5.74) is 10.5. The third kappa shape index (κ3) is 2.36. The van der Waals surface area contributed by atoms with Gasteiger partial charge in [-0.15, -0.1) is 0 Å². The van der Waals surface area contributed by atoms with Gasteiger partial charge in [0.15, 0.2) is 0 Å². The van der Waals surface area contributed by atoms with Gasteiger partial charge in [-0.3, -0.25) is 0 Å². The predicted octanol–water partition coefficient (Wildman–Crippen LogP) is 2.98. The fraction of sp³-hybridized carbons (Fsp3) is 0.250. The van der Waals surface area contributed by atoms with Crippen LogP contribution in [0.4, 0.5) is 11.4 Å². The summed E-state index contributed by atoms with van der Waals surface area (Å²) in [6.07, 6.45) is 0. The van der Waals surface area contributed by atoms with Gasteiger partial charge >= 0.3 is 0 Å². The Morgan fingerprint density at radius 1 is 1.16 bits per heavy atom. The number of hydrogen-bond acceptors (Lipinski definition) is 3. The number of hydrogen-bond donors (Lipinski definition) is 1. The first-order valence-corrected chi connectivity index (χ1v) is 6.56. The highest BCUT2D eigenvalue weighted by atomic mass is 16.5. The average Bonchev–Trinajstić information content (AvgIpc) is 2.63. The van der Waals surface area contributed by atoms with E-state index in [9.17, 15) is 0 Å². The van der Waals surface area contributed by atoms with Crippen LogP contribution in [0.5, 0.6) is 5.75 Å². The summed E-state index contributed by atoms with van der Waals surface area (Å²) in [4.78, 5) is 2.29. The Kier molecular flexibility index (Phi) is 3.03. The quantitative estimate of drug-likeness (QED) is 0.795. The van der Waals surface area contributed by atoms with Crippen LogP contribution in [0.1, 0.15) is 11.1 Å². The third-order valence-corrected chi connectivity index (χ3v) is 3.48. The maximum absolute atomic E-state index is 6.11. The summed E-state index contributed by atoms with van der Waals surface area (Å²) in [6.45, 7) is 4.46. The molecular weight excluding hydrogens is 236 g/mol. The molecule has 0 radical (unpaired) electrons. The lowest BCUT2D eigenvalue weighted by atomic mass is 10.1. The highest BCUT2D eigenvalue weighted by Crippen LogP contribution is 2.30. The zero-order chi connectivity index (χ0) is 13.2. The number of nitrogens with zero attached hydrogens (tertiary/aromatic N) is 1. The maximum atomic E-state index is 6.11. The third-order valence-electron chi connectivity index (χ3n) is 3.48.